The molecule has 0 saturated heterocycles. The fourth-order valence-electron chi connectivity index (χ4n) is 3.53. The molecule has 0 aliphatic heterocycles. The molecule has 28 heavy (non-hydrogen) atoms. The van der Waals surface area contributed by atoms with E-state index in [0.29, 0.717) is 5.82 Å². The summed E-state index contributed by atoms with van der Waals surface area (Å²) in [6.45, 7) is 0. The number of carbonyl (C=O) groups is 1. The van der Waals surface area contributed by atoms with E-state index in [1.54, 1.807) is 12.1 Å². The summed E-state index contributed by atoms with van der Waals surface area (Å²) in [4.78, 5) is 12.7. The lowest BCUT2D eigenvalue weighted by Crippen LogP contribution is -2.42. The molecule has 1 amide bonds. The van der Waals surface area contributed by atoms with E-state index in [-0.39, 0.29) is 29.0 Å². The van der Waals surface area contributed by atoms with E-state index in [0.717, 1.165) is 42.5 Å². The number of amides is 1. The summed E-state index contributed by atoms with van der Waals surface area (Å²) >= 11 is 1.12. The quantitative estimate of drug-likeness (QED) is 0.592. The first kappa shape index (κ1) is 18.8. The van der Waals surface area contributed by atoms with Crippen molar-refractivity contribution < 1.29 is 13.6 Å². The molecule has 3 heterocycles. The zero-order valence-electron chi connectivity index (χ0n) is 15.1. The Morgan fingerprint density at radius 1 is 1.21 bits per heavy atom. The molecule has 0 aromatic carbocycles. The van der Waals surface area contributed by atoms with Crippen molar-refractivity contribution in [3.63, 3.8) is 0 Å². The van der Waals surface area contributed by atoms with E-state index in [1.807, 2.05) is 12.1 Å². The maximum Gasteiger partial charge on any atom is 0.274 e. The summed E-state index contributed by atoms with van der Waals surface area (Å²) in [5.41, 5.74) is 7.15. The van der Waals surface area contributed by atoms with Gasteiger partial charge < -0.3 is 16.4 Å². The zero-order chi connectivity index (χ0) is 19.7. The second kappa shape index (κ2) is 7.84. The number of aromatic nitrogens is 2. The van der Waals surface area contributed by atoms with Crippen LogP contribution in [0, 0.1) is 0 Å². The van der Waals surface area contributed by atoms with Crippen LogP contribution in [0.15, 0.2) is 35.0 Å². The van der Waals surface area contributed by atoms with Gasteiger partial charge in [-0.1, -0.05) is 12.8 Å². The number of nitrogens with one attached hydrogen (secondary N) is 2. The van der Waals surface area contributed by atoms with E-state index < -0.39 is 12.3 Å². The minimum Gasteiger partial charge on any atom is -0.364 e. The summed E-state index contributed by atoms with van der Waals surface area (Å²) in [5, 5.41) is 13.3. The van der Waals surface area contributed by atoms with Crippen LogP contribution in [0.4, 0.5) is 20.3 Å². The van der Waals surface area contributed by atoms with Crippen LogP contribution in [0.1, 0.15) is 48.2 Å². The predicted molar refractivity (Wildman–Crippen MR) is 106 cm³/mol. The molecule has 0 bridgehead atoms. The molecule has 6 nitrogen and oxygen atoms in total. The van der Waals surface area contributed by atoms with Crippen LogP contribution in [0.2, 0.25) is 0 Å². The second-order valence-corrected chi connectivity index (χ2v) is 7.71. The Hall–Kier alpha value is -2.52. The summed E-state index contributed by atoms with van der Waals surface area (Å²) < 4.78 is 27.6. The number of anilines is 2. The van der Waals surface area contributed by atoms with Crippen LogP contribution in [0.3, 0.4) is 0 Å². The van der Waals surface area contributed by atoms with Gasteiger partial charge in [-0.15, -0.1) is 16.4 Å². The van der Waals surface area contributed by atoms with Crippen molar-refractivity contribution in [1.82, 2.24) is 9.61 Å². The van der Waals surface area contributed by atoms with Gasteiger partial charge in [0.05, 0.1) is 16.8 Å². The third-order valence-corrected chi connectivity index (χ3v) is 5.83. The van der Waals surface area contributed by atoms with Crippen molar-refractivity contribution in [2.45, 2.75) is 44.2 Å². The Labute approximate surface area is 164 Å². The van der Waals surface area contributed by atoms with Crippen molar-refractivity contribution in [1.29, 1.82) is 0 Å². The fourth-order valence-corrected chi connectivity index (χ4v) is 4.30. The van der Waals surface area contributed by atoms with Gasteiger partial charge in [-0.2, -0.15) is 0 Å². The number of nitrogens with two attached hydrogens (primary N) is 1. The summed E-state index contributed by atoms with van der Waals surface area (Å²) in [7, 11) is 0. The Bertz CT molecular complexity index is 986. The number of nitrogens with zero attached hydrogens (tertiary/aromatic N) is 2. The number of thiophene rings is 1. The van der Waals surface area contributed by atoms with E-state index in [1.165, 1.54) is 15.3 Å². The number of hydrogen-bond donors (Lipinski definition) is 3. The summed E-state index contributed by atoms with van der Waals surface area (Å²) in [5.74, 6) is 0.142. The van der Waals surface area contributed by atoms with Gasteiger partial charge in [0.1, 0.15) is 11.5 Å². The molecule has 9 heteroatoms. The van der Waals surface area contributed by atoms with Gasteiger partial charge in [0.2, 0.25) is 0 Å². The van der Waals surface area contributed by atoms with Crippen molar-refractivity contribution in [2.24, 2.45) is 5.73 Å². The monoisotopic (exact) mass is 405 g/mol. The molecular formula is C19H21F2N5OS. The van der Waals surface area contributed by atoms with Gasteiger partial charge in [-0.25, -0.2) is 13.3 Å². The normalized spacial score (nSPS) is 19.9. The fraction of sp³-hybridized carbons (Fsp3) is 0.368. The molecule has 4 rings (SSSR count). The van der Waals surface area contributed by atoms with Crippen LogP contribution in [0.25, 0.3) is 5.52 Å². The molecule has 3 aromatic heterocycles. The van der Waals surface area contributed by atoms with Crippen LogP contribution in [0.5, 0.6) is 0 Å². The molecular weight excluding hydrogens is 384 g/mol. The van der Waals surface area contributed by atoms with Gasteiger partial charge >= 0.3 is 0 Å². The molecule has 0 spiro atoms. The van der Waals surface area contributed by atoms with Crippen LogP contribution in [-0.2, 0) is 0 Å². The predicted octanol–water partition coefficient (Wildman–Crippen LogP) is 4.27. The third-order valence-electron chi connectivity index (χ3n) is 5.06. The number of hydrogen-bond acceptors (Lipinski definition) is 5. The molecule has 0 radical (unpaired) electrons. The van der Waals surface area contributed by atoms with E-state index in [9.17, 15) is 13.6 Å². The van der Waals surface area contributed by atoms with Crippen molar-refractivity contribution in [3.8, 4) is 0 Å². The largest absolute Gasteiger partial charge is 0.364 e. The first-order valence-electron chi connectivity index (χ1n) is 9.19. The molecule has 1 aliphatic carbocycles. The zero-order valence-corrected chi connectivity index (χ0v) is 15.9. The smallest absolute Gasteiger partial charge is 0.274 e. The van der Waals surface area contributed by atoms with Gasteiger partial charge in [0, 0.05) is 22.8 Å². The lowest BCUT2D eigenvalue weighted by Gasteiger charge is -2.29. The van der Waals surface area contributed by atoms with Crippen molar-refractivity contribution >= 4 is 34.3 Å². The molecule has 0 unspecified atom stereocenters. The van der Waals surface area contributed by atoms with Crippen molar-refractivity contribution in [3.05, 3.63) is 46.3 Å². The average molecular weight is 405 g/mol. The highest BCUT2D eigenvalue weighted by Crippen LogP contribution is 2.31. The first-order chi connectivity index (χ1) is 13.5. The third kappa shape index (κ3) is 3.72. The highest BCUT2D eigenvalue weighted by molar-refractivity contribution is 7.08. The average Bonchev–Trinajstić information content (AvgIpc) is 3.30. The number of alkyl halides is 2. The van der Waals surface area contributed by atoms with Gasteiger partial charge in [0.15, 0.2) is 0 Å². The standard InChI is InChI=1S/C19H21F2N5OS/c20-18(21)12-9-28-10-15(12)24-19(27)16-7-5-11-6-8-17(25-26(11)16)23-14-4-2-1-3-13(14)22/h5-10,13-14,18H,1-4,22H2,(H,23,25)(H,24,27)/t13-,14-/m0/s1. The molecule has 1 saturated carbocycles. The minimum absolute atomic E-state index is 0.0741. The molecule has 148 valence electrons. The number of carbonyl (C=O) groups excluding carboxylic acids is 1. The Kier molecular flexibility index (Phi) is 5.27. The maximum atomic E-state index is 13.0. The highest BCUT2D eigenvalue weighted by atomic mass is 32.1. The number of fused-ring (bicyclic) bond motifs is 1. The Morgan fingerprint density at radius 3 is 2.79 bits per heavy atom. The molecule has 1 aliphatic rings. The summed E-state index contributed by atoms with van der Waals surface area (Å²) in [6.07, 6.45) is 1.58. The Morgan fingerprint density at radius 2 is 2.00 bits per heavy atom. The SMILES string of the molecule is N[C@H]1CCCC[C@@H]1Nc1ccc2ccc(C(=O)Nc3cscc3C(F)F)n2n1. The van der Waals surface area contributed by atoms with Crippen LogP contribution >= 0.6 is 11.3 Å². The van der Waals surface area contributed by atoms with Crippen LogP contribution in [-0.4, -0.2) is 27.6 Å². The first-order valence-corrected chi connectivity index (χ1v) is 10.1. The maximum absolute atomic E-state index is 13.0. The minimum atomic E-state index is -2.64. The topological polar surface area (TPSA) is 84.4 Å². The lowest BCUT2D eigenvalue weighted by molar-refractivity contribution is 0.102. The van der Waals surface area contributed by atoms with Crippen molar-refractivity contribution in [2.75, 3.05) is 10.6 Å². The molecule has 1 fully saturated rings. The van der Waals surface area contributed by atoms with E-state index in [2.05, 4.69) is 15.7 Å². The second-order valence-electron chi connectivity index (χ2n) is 6.97. The van der Waals surface area contributed by atoms with Crippen LogP contribution < -0.4 is 16.4 Å². The highest BCUT2D eigenvalue weighted by Gasteiger charge is 2.22. The number of rotatable bonds is 5. The van der Waals surface area contributed by atoms with E-state index >= 15 is 0 Å². The number of halogens is 2. The molecule has 4 N–H and O–H groups in total. The Balaban J connectivity index is 1.57. The lowest BCUT2D eigenvalue weighted by atomic mass is 9.91. The van der Waals surface area contributed by atoms with Gasteiger partial charge in [0.25, 0.3) is 12.3 Å². The van der Waals surface area contributed by atoms with Gasteiger partial charge in [-0.3, -0.25) is 4.79 Å². The van der Waals surface area contributed by atoms with Gasteiger partial charge in [-0.05, 0) is 37.1 Å². The molecule has 3 aromatic rings. The van der Waals surface area contributed by atoms with E-state index in [4.69, 9.17) is 5.73 Å². The molecule has 2 atom stereocenters. The summed E-state index contributed by atoms with van der Waals surface area (Å²) in [6, 6.07) is 7.32.